The van der Waals surface area contributed by atoms with Crippen LogP contribution in [-0.2, 0) is 6.42 Å². The first kappa shape index (κ1) is 12.6. The number of hydrogen-bond donors (Lipinski definition) is 1. The van der Waals surface area contributed by atoms with Crippen molar-refractivity contribution in [2.24, 2.45) is 0 Å². The molecule has 0 atom stereocenters. The first-order valence-electron chi connectivity index (χ1n) is 6.35. The molecule has 3 heteroatoms. The molecule has 3 nitrogen and oxygen atoms in total. The van der Waals surface area contributed by atoms with E-state index < -0.39 is 0 Å². The van der Waals surface area contributed by atoms with Gasteiger partial charge in [0.1, 0.15) is 0 Å². The molecule has 0 radical (unpaired) electrons. The van der Waals surface area contributed by atoms with Crippen molar-refractivity contribution in [2.45, 2.75) is 26.7 Å². The molecule has 0 unspecified atom stereocenters. The molecule has 2 aromatic rings. The summed E-state index contributed by atoms with van der Waals surface area (Å²) in [5.74, 6) is 0.669. The SMILES string of the molecule is CCCc1ccc(-c2cc(C)nc(NC)n2)cc1. The predicted molar refractivity (Wildman–Crippen MR) is 75.7 cm³/mol. The van der Waals surface area contributed by atoms with Gasteiger partial charge in [-0.3, -0.25) is 0 Å². The number of benzene rings is 1. The number of hydrogen-bond acceptors (Lipinski definition) is 3. The van der Waals surface area contributed by atoms with Crippen molar-refractivity contribution in [3.63, 3.8) is 0 Å². The van der Waals surface area contributed by atoms with Crippen LogP contribution in [0, 0.1) is 6.92 Å². The van der Waals surface area contributed by atoms with E-state index in [1.807, 2.05) is 20.0 Å². The summed E-state index contributed by atoms with van der Waals surface area (Å²) in [6.45, 7) is 4.18. The minimum absolute atomic E-state index is 0.669. The summed E-state index contributed by atoms with van der Waals surface area (Å²) < 4.78 is 0. The molecule has 1 aromatic heterocycles. The molecule has 1 N–H and O–H groups in total. The molecule has 0 saturated heterocycles. The first-order valence-corrected chi connectivity index (χ1v) is 6.35. The Balaban J connectivity index is 2.33. The molecular weight excluding hydrogens is 222 g/mol. The average Bonchev–Trinajstić information content (AvgIpc) is 2.39. The van der Waals surface area contributed by atoms with Gasteiger partial charge in [0.05, 0.1) is 5.69 Å². The molecule has 0 bridgehead atoms. The largest absolute Gasteiger partial charge is 0.357 e. The molecule has 2 rings (SSSR count). The summed E-state index contributed by atoms with van der Waals surface area (Å²) in [5, 5.41) is 2.99. The van der Waals surface area contributed by atoms with Gasteiger partial charge in [0.25, 0.3) is 0 Å². The zero-order valence-electron chi connectivity index (χ0n) is 11.2. The van der Waals surface area contributed by atoms with Crippen LogP contribution in [0.2, 0.25) is 0 Å². The summed E-state index contributed by atoms with van der Waals surface area (Å²) in [7, 11) is 1.84. The van der Waals surface area contributed by atoms with Crippen LogP contribution < -0.4 is 5.32 Å². The maximum absolute atomic E-state index is 4.48. The van der Waals surface area contributed by atoms with Gasteiger partial charge in [-0.15, -0.1) is 0 Å². The van der Waals surface area contributed by atoms with Crippen LogP contribution in [0.25, 0.3) is 11.3 Å². The quantitative estimate of drug-likeness (QED) is 0.891. The van der Waals surface area contributed by atoms with Crippen LogP contribution in [0.15, 0.2) is 30.3 Å². The highest BCUT2D eigenvalue weighted by Crippen LogP contribution is 2.20. The second-order valence-electron chi connectivity index (χ2n) is 4.42. The monoisotopic (exact) mass is 241 g/mol. The van der Waals surface area contributed by atoms with E-state index in [0.717, 1.165) is 23.4 Å². The summed E-state index contributed by atoms with van der Waals surface area (Å²) in [5.41, 5.74) is 4.45. The van der Waals surface area contributed by atoms with E-state index in [2.05, 4.69) is 46.5 Å². The van der Waals surface area contributed by atoms with Crippen LogP contribution in [0.3, 0.4) is 0 Å². The fourth-order valence-electron chi connectivity index (χ4n) is 1.96. The maximum atomic E-state index is 4.48. The zero-order valence-corrected chi connectivity index (χ0v) is 11.2. The average molecular weight is 241 g/mol. The fourth-order valence-corrected chi connectivity index (χ4v) is 1.96. The van der Waals surface area contributed by atoms with Crippen LogP contribution in [0.1, 0.15) is 24.6 Å². The molecular formula is C15H19N3. The van der Waals surface area contributed by atoms with Crippen molar-refractivity contribution in [2.75, 3.05) is 12.4 Å². The second kappa shape index (κ2) is 5.63. The highest BCUT2D eigenvalue weighted by atomic mass is 15.1. The molecule has 0 aliphatic heterocycles. The van der Waals surface area contributed by atoms with E-state index in [1.165, 1.54) is 12.0 Å². The highest BCUT2D eigenvalue weighted by Gasteiger charge is 2.03. The predicted octanol–water partition coefficient (Wildman–Crippen LogP) is 3.45. The maximum Gasteiger partial charge on any atom is 0.223 e. The van der Waals surface area contributed by atoms with Crippen molar-refractivity contribution in [1.82, 2.24) is 9.97 Å². The Labute approximate surface area is 108 Å². The number of aryl methyl sites for hydroxylation is 2. The lowest BCUT2D eigenvalue weighted by Crippen LogP contribution is -1.99. The molecule has 0 fully saturated rings. The van der Waals surface area contributed by atoms with Gasteiger partial charge in [-0.05, 0) is 25.0 Å². The summed E-state index contributed by atoms with van der Waals surface area (Å²) >= 11 is 0. The van der Waals surface area contributed by atoms with E-state index in [4.69, 9.17) is 0 Å². The first-order chi connectivity index (χ1) is 8.72. The Kier molecular flexibility index (Phi) is 3.92. The van der Waals surface area contributed by atoms with Gasteiger partial charge in [-0.2, -0.15) is 0 Å². The smallest absolute Gasteiger partial charge is 0.223 e. The van der Waals surface area contributed by atoms with E-state index in [-0.39, 0.29) is 0 Å². The van der Waals surface area contributed by atoms with Crippen molar-refractivity contribution in [1.29, 1.82) is 0 Å². The van der Waals surface area contributed by atoms with E-state index in [9.17, 15) is 0 Å². The second-order valence-corrected chi connectivity index (χ2v) is 4.42. The standard InChI is InChI=1S/C15H19N3/c1-4-5-12-6-8-13(9-7-12)14-10-11(2)17-15(16-3)18-14/h6-10H,4-5H2,1-3H3,(H,16,17,18). The van der Waals surface area contributed by atoms with Crippen molar-refractivity contribution >= 4 is 5.95 Å². The van der Waals surface area contributed by atoms with E-state index in [0.29, 0.717) is 5.95 Å². The van der Waals surface area contributed by atoms with Crippen molar-refractivity contribution in [3.8, 4) is 11.3 Å². The molecule has 0 aliphatic rings. The van der Waals surface area contributed by atoms with Gasteiger partial charge in [0.2, 0.25) is 5.95 Å². The van der Waals surface area contributed by atoms with E-state index >= 15 is 0 Å². The third-order valence-corrected chi connectivity index (χ3v) is 2.87. The number of nitrogens with zero attached hydrogens (tertiary/aromatic N) is 2. The van der Waals surface area contributed by atoms with Crippen molar-refractivity contribution < 1.29 is 0 Å². The third-order valence-electron chi connectivity index (χ3n) is 2.87. The number of aromatic nitrogens is 2. The van der Waals surface area contributed by atoms with Crippen LogP contribution in [0.5, 0.6) is 0 Å². The molecule has 0 saturated carbocycles. The summed E-state index contributed by atoms with van der Waals surface area (Å²) in [4.78, 5) is 8.78. The van der Waals surface area contributed by atoms with Crippen LogP contribution >= 0.6 is 0 Å². The number of nitrogens with one attached hydrogen (secondary N) is 1. The van der Waals surface area contributed by atoms with Crippen LogP contribution in [0.4, 0.5) is 5.95 Å². The Hall–Kier alpha value is -1.90. The molecule has 0 amide bonds. The lowest BCUT2D eigenvalue weighted by molar-refractivity contribution is 0.922. The minimum atomic E-state index is 0.669. The fraction of sp³-hybridized carbons (Fsp3) is 0.333. The van der Waals surface area contributed by atoms with Gasteiger partial charge < -0.3 is 5.32 Å². The lowest BCUT2D eigenvalue weighted by atomic mass is 10.1. The Bertz CT molecular complexity index is 518. The van der Waals surface area contributed by atoms with Gasteiger partial charge >= 0.3 is 0 Å². The molecule has 1 heterocycles. The lowest BCUT2D eigenvalue weighted by Gasteiger charge is -2.06. The summed E-state index contributed by atoms with van der Waals surface area (Å²) in [6.07, 6.45) is 2.31. The molecule has 94 valence electrons. The molecule has 18 heavy (non-hydrogen) atoms. The van der Waals surface area contributed by atoms with Crippen LogP contribution in [-0.4, -0.2) is 17.0 Å². The Morgan fingerprint density at radius 1 is 1.11 bits per heavy atom. The molecule has 1 aromatic carbocycles. The number of rotatable bonds is 4. The zero-order chi connectivity index (χ0) is 13.0. The Morgan fingerprint density at radius 3 is 2.44 bits per heavy atom. The normalized spacial score (nSPS) is 10.4. The van der Waals surface area contributed by atoms with E-state index in [1.54, 1.807) is 0 Å². The highest BCUT2D eigenvalue weighted by molar-refractivity contribution is 5.61. The number of anilines is 1. The third kappa shape index (κ3) is 2.86. The molecule has 0 aliphatic carbocycles. The molecule has 0 spiro atoms. The van der Waals surface area contributed by atoms with Crippen molar-refractivity contribution in [3.05, 3.63) is 41.6 Å². The van der Waals surface area contributed by atoms with Gasteiger partial charge in [-0.25, -0.2) is 9.97 Å². The Morgan fingerprint density at radius 2 is 1.83 bits per heavy atom. The summed E-state index contributed by atoms with van der Waals surface area (Å²) in [6, 6.07) is 10.6. The van der Waals surface area contributed by atoms with Gasteiger partial charge in [-0.1, -0.05) is 37.6 Å². The minimum Gasteiger partial charge on any atom is -0.357 e. The topological polar surface area (TPSA) is 37.8 Å². The van der Waals surface area contributed by atoms with Gasteiger partial charge in [0, 0.05) is 18.3 Å². The van der Waals surface area contributed by atoms with Gasteiger partial charge in [0.15, 0.2) is 0 Å².